The molecule has 0 aromatic carbocycles. The molecule has 2 rings (SSSR count). The first-order valence-electron chi connectivity index (χ1n) is 5.97. The van der Waals surface area contributed by atoms with Gasteiger partial charge in [0.05, 0.1) is 5.69 Å². The van der Waals surface area contributed by atoms with Crippen molar-refractivity contribution in [3.8, 4) is 11.3 Å². The van der Waals surface area contributed by atoms with Crippen molar-refractivity contribution in [1.29, 1.82) is 0 Å². The fourth-order valence-corrected chi connectivity index (χ4v) is 1.47. The van der Waals surface area contributed by atoms with E-state index in [1.165, 1.54) is 0 Å². The van der Waals surface area contributed by atoms with Gasteiger partial charge in [-0.1, -0.05) is 6.92 Å². The lowest BCUT2D eigenvalue weighted by Crippen LogP contribution is -2.20. The van der Waals surface area contributed by atoms with E-state index >= 15 is 0 Å². The highest BCUT2D eigenvalue weighted by atomic mass is 15.2. The molecule has 1 atom stereocenters. The predicted molar refractivity (Wildman–Crippen MR) is 72.0 cm³/mol. The highest BCUT2D eigenvalue weighted by molar-refractivity contribution is 5.58. The van der Waals surface area contributed by atoms with Gasteiger partial charge in [-0.2, -0.15) is 0 Å². The molecule has 0 radical (unpaired) electrons. The molecule has 0 fully saturated rings. The summed E-state index contributed by atoms with van der Waals surface area (Å²) in [5.74, 6) is 1.19. The highest BCUT2D eigenvalue weighted by Gasteiger charge is 2.02. The number of aromatic nitrogens is 3. The van der Waals surface area contributed by atoms with Crippen molar-refractivity contribution < 1.29 is 0 Å². The van der Waals surface area contributed by atoms with Gasteiger partial charge < -0.3 is 11.1 Å². The van der Waals surface area contributed by atoms with Crippen molar-refractivity contribution >= 4 is 5.82 Å². The second-order valence-electron chi connectivity index (χ2n) is 4.26. The first kappa shape index (κ1) is 12.4. The molecule has 5 nitrogen and oxygen atoms in total. The number of pyridine rings is 1. The van der Waals surface area contributed by atoms with Crippen molar-refractivity contribution in [2.24, 2.45) is 11.7 Å². The number of hydrogen-bond donors (Lipinski definition) is 2. The highest BCUT2D eigenvalue weighted by Crippen LogP contribution is 2.15. The van der Waals surface area contributed by atoms with Gasteiger partial charge in [0.1, 0.15) is 5.82 Å². The quantitative estimate of drug-likeness (QED) is 0.833. The van der Waals surface area contributed by atoms with Gasteiger partial charge in [0.2, 0.25) is 0 Å². The van der Waals surface area contributed by atoms with Crippen LogP contribution in [0.25, 0.3) is 11.3 Å². The Morgan fingerprint density at radius 3 is 2.56 bits per heavy atom. The van der Waals surface area contributed by atoms with Crippen LogP contribution >= 0.6 is 0 Å². The Morgan fingerprint density at radius 2 is 1.94 bits per heavy atom. The first-order chi connectivity index (χ1) is 8.79. The lowest BCUT2D eigenvalue weighted by molar-refractivity contribution is 0.626. The van der Waals surface area contributed by atoms with E-state index in [2.05, 4.69) is 27.4 Å². The fraction of sp³-hybridized carbons (Fsp3) is 0.308. The Kier molecular flexibility index (Phi) is 4.20. The van der Waals surface area contributed by atoms with Crippen molar-refractivity contribution in [2.45, 2.75) is 6.92 Å². The SMILES string of the molecule is CC(CN)CNc1ccc(-c2ccncc2)nn1. The zero-order valence-electron chi connectivity index (χ0n) is 10.4. The molecule has 0 saturated carbocycles. The summed E-state index contributed by atoms with van der Waals surface area (Å²) in [6, 6.07) is 7.69. The van der Waals surface area contributed by atoms with Crippen molar-refractivity contribution in [2.75, 3.05) is 18.4 Å². The fourth-order valence-electron chi connectivity index (χ4n) is 1.47. The maximum absolute atomic E-state index is 5.55. The molecule has 94 valence electrons. The van der Waals surface area contributed by atoms with Crippen LogP contribution in [0.15, 0.2) is 36.7 Å². The average Bonchev–Trinajstić information content (AvgIpc) is 2.46. The molecule has 2 heterocycles. The molecule has 3 N–H and O–H groups in total. The van der Waals surface area contributed by atoms with E-state index in [9.17, 15) is 0 Å². The average molecular weight is 243 g/mol. The van der Waals surface area contributed by atoms with Crippen LogP contribution in [0.2, 0.25) is 0 Å². The third kappa shape index (κ3) is 3.24. The minimum atomic E-state index is 0.423. The summed E-state index contributed by atoms with van der Waals surface area (Å²) in [5.41, 5.74) is 7.41. The number of rotatable bonds is 5. The zero-order valence-corrected chi connectivity index (χ0v) is 10.4. The Labute approximate surface area is 106 Å². The van der Waals surface area contributed by atoms with E-state index in [0.717, 1.165) is 23.6 Å². The molecule has 2 aromatic heterocycles. The first-order valence-corrected chi connectivity index (χ1v) is 5.97. The van der Waals surface area contributed by atoms with E-state index in [0.29, 0.717) is 12.5 Å². The van der Waals surface area contributed by atoms with Crippen LogP contribution in [0.1, 0.15) is 6.92 Å². The van der Waals surface area contributed by atoms with Crippen molar-refractivity contribution in [3.05, 3.63) is 36.7 Å². The third-order valence-electron chi connectivity index (χ3n) is 2.67. The monoisotopic (exact) mass is 243 g/mol. The molecular weight excluding hydrogens is 226 g/mol. The van der Waals surface area contributed by atoms with Crippen LogP contribution in [-0.2, 0) is 0 Å². The Hall–Kier alpha value is -2.01. The van der Waals surface area contributed by atoms with Gasteiger partial charge in [0.15, 0.2) is 0 Å². The second-order valence-corrected chi connectivity index (χ2v) is 4.26. The van der Waals surface area contributed by atoms with Gasteiger partial charge in [0, 0.05) is 24.5 Å². The number of anilines is 1. The Balaban J connectivity index is 2.02. The van der Waals surface area contributed by atoms with E-state index in [4.69, 9.17) is 5.73 Å². The molecule has 2 aromatic rings. The predicted octanol–water partition coefficient (Wildman–Crippen LogP) is 1.55. The largest absolute Gasteiger partial charge is 0.368 e. The van der Waals surface area contributed by atoms with Crippen LogP contribution in [-0.4, -0.2) is 28.3 Å². The normalized spacial score (nSPS) is 12.1. The Bertz CT molecular complexity index is 469. The number of hydrogen-bond acceptors (Lipinski definition) is 5. The van der Waals surface area contributed by atoms with Gasteiger partial charge in [-0.25, -0.2) is 0 Å². The van der Waals surface area contributed by atoms with Crippen molar-refractivity contribution in [3.63, 3.8) is 0 Å². The van der Waals surface area contributed by atoms with Gasteiger partial charge in [-0.15, -0.1) is 10.2 Å². The van der Waals surface area contributed by atoms with Crippen LogP contribution in [0.5, 0.6) is 0 Å². The molecule has 0 bridgehead atoms. The van der Waals surface area contributed by atoms with Crippen LogP contribution < -0.4 is 11.1 Å². The Morgan fingerprint density at radius 1 is 1.17 bits per heavy atom. The maximum Gasteiger partial charge on any atom is 0.148 e. The lowest BCUT2D eigenvalue weighted by Gasteiger charge is -2.10. The number of nitrogens with one attached hydrogen (secondary N) is 1. The van der Waals surface area contributed by atoms with Gasteiger partial charge in [0.25, 0.3) is 0 Å². The molecule has 18 heavy (non-hydrogen) atoms. The molecule has 0 saturated heterocycles. The van der Waals surface area contributed by atoms with E-state index < -0.39 is 0 Å². The molecule has 5 heteroatoms. The topological polar surface area (TPSA) is 76.7 Å². The summed E-state index contributed by atoms with van der Waals surface area (Å²) in [7, 11) is 0. The summed E-state index contributed by atoms with van der Waals surface area (Å²) in [4.78, 5) is 3.97. The van der Waals surface area contributed by atoms with Crippen molar-refractivity contribution in [1.82, 2.24) is 15.2 Å². The molecule has 0 spiro atoms. The van der Waals surface area contributed by atoms with Gasteiger partial charge in [-0.3, -0.25) is 4.98 Å². The molecule has 0 amide bonds. The minimum absolute atomic E-state index is 0.423. The molecular formula is C13H17N5. The van der Waals surface area contributed by atoms with Crippen LogP contribution in [0.3, 0.4) is 0 Å². The van der Waals surface area contributed by atoms with E-state index in [1.807, 2.05) is 24.3 Å². The summed E-state index contributed by atoms with van der Waals surface area (Å²) in [6.45, 7) is 3.56. The van der Waals surface area contributed by atoms with Gasteiger partial charge in [-0.05, 0) is 36.7 Å². The summed E-state index contributed by atoms with van der Waals surface area (Å²) in [6.07, 6.45) is 3.48. The summed E-state index contributed by atoms with van der Waals surface area (Å²) < 4.78 is 0. The smallest absolute Gasteiger partial charge is 0.148 e. The number of nitrogens with zero attached hydrogens (tertiary/aromatic N) is 3. The maximum atomic E-state index is 5.55. The lowest BCUT2D eigenvalue weighted by atomic mass is 10.2. The van der Waals surface area contributed by atoms with Gasteiger partial charge >= 0.3 is 0 Å². The molecule has 0 aliphatic rings. The number of nitrogens with two attached hydrogens (primary N) is 1. The molecule has 0 aliphatic carbocycles. The summed E-state index contributed by atoms with van der Waals surface area (Å²) >= 11 is 0. The minimum Gasteiger partial charge on any atom is -0.368 e. The zero-order chi connectivity index (χ0) is 12.8. The van der Waals surface area contributed by atoms with Crippen LogP contribution in [0.4, 0.5) is 5.82 Å². The molecule has 1 unspecified atom stereocenters. The third-order valence-corrected chi connectivity index (χ3v) is 2.67. The van der Waals surface area contributed by atoms with E-state index in [1.54, 1.807) is 12.4 Å². The molecule has 0 aliphatic heterocycles. The van der Waals surface area contributed by atoms with Crippen LogP contribution in [0, 0.1) is 5.92 Å². The second kappa shape index (κ2) is 6.07. The van der Waals surface area contributed by atoms with E-state index in [-0.39, 0.29) is 0 Å². The standard InChI is InChI=1S/C13H17N5/c1-10(8-14)9-16-13-3-2-12(17-18-13)11-4-6-15-7-5-11/h2-7,10H,8-9,14H2,1H3,(H,16,18). The summed E-state index contributed by atoms with van der Waals surface area (Å²) in [5, 5.41) is 11.5.